The summed E-state index contributed by atoms with van der Waals surface area (Å²) in [7, 11) is 0. The van der Waals surface area contributed by atoms with Gasteiger partial charge in [0.25, 0.3) is 11.1 Å². The van der Waals surface area contributed by atoms with Gasteiger partial charge in [-0.05, 0) is 53.6 Å². The van der Waals surface area contributed by atoms with Crippen LogP contribution in [0, 0.1) is 0 Å². The predicted molar refractivity (Wildman–Crippen MR) is 103 cm³/mol. The fourth-order valence-corrected chi connectivity index (χ4v) is 3.34. The van der Waals surface area contributed by atoms with Gasteiger partial charge in [-0.15, -0.1) is 0 Å². The first-order valence-electron chi connectivity index (χ1n) is 8.22. The quantitative estimate of drug-likeness (QED) is 0.785. The van der Waals surface area contributed by atoms with Gasteiger partial charge in [-0.3, -0.25) is 19.3 Å². The van der Waals surface area contributed by atoms with E-state index < -0.39 is 17.1 Å². The number of carbonyl (C=O) groups excluding carboxylic acids is 3. The SMILES string of the molecule is CC(C)c1ccc(NC(=O)CN2C(=O)S/C(=C/c3ccc[nH]3)C2=O)cc1. The van der Waals surface area contributed by atoms with Crippen molar-refractivity contribution in [1.29, 1.82) is 0 Å². The van der Waals surface area contributed by atoms with E-state index in [0.717, 1.165) is 22.4 Å². The fourth-order valence-electron chi connectivity index (χ4n) is 2.51. The zero-order valence-corrected chi connectivity index (χ0v) is 15.3. The lowest BCUT2D eigenvalue weighted by Gasteiger charge is -2.13. The van der Waals surface area contributed by atoms with Crippen molar-refractivity contribution in [2.45, 2.75) is 19.8 Å². The van der Waals surface area contributed by atoms with Gasteiger partial charge in [-0.1, -0.05) is 26.0 Å². The topological polar surface area (TPSA) is 82.3 Å². The lowest BCUT2D eigenvalue weighted by atomic mass is 10.0. The molecule has 1 aromatic heterocycles. The molecular formula is C19H19N3O3S. The summed E-state index contributed by atoms with van der Waals surface area (Å²) in [5.74, 6) is -0.466. The smallest absolute Gasteiger partial charge is 0.294 e. The number of anilines is 1. The third-order valence-electron chi connectivity index (χ3n) is 3.95. The maximum Gasteiger partial charge on any atom is 0.294 e. The van der Waals surface area contributed by atoms with Crippen molar-refractivity contribution in [3.63, 3.8) is 0 Å². The summed E-state index contributed by atoms with van der Waals surface area (Å²) in [6.07, 6.45) is 3.33. The molecule has 0 saturated carbocycles. The normalized spacial score (nSPS) is 16.0. The number of nitrogens with zero attached hydrogens (tertiary/aromatic N) is 1. The minimum absolute atomic E-state index is 0.298. The summed E-state index contributed by atoms with van der Waals surface area (Å²) in [5.41, 5.74) is 2.53. The third kappa shape index (κ3) is 4.05. The number of aromatic nitrogens is 1. The van der Waals surface area contributed by atoms with Crippen LogP contribution in [0.4, 0.5) is 10.5 Å². The highest BCUT2D eigenvalue weighted by atomic mass is 32.2. The molecular weight excluding hydrogens is 350 g/mol. The molecule has 0 radical (unpaired) electrons. The average Bonchev–Trinajstić information content (AvgIpc) is 3.20. The second-order valence-corrected chi connectivity index (χ2v) is 7.21. The van der Waals surface area contributed by atoms with Gasteiger partial charge in [0.15, 0.2) is 0 Å². The fraction of sp³-hybridized carbons (Fsp3) is 0.211. The van der Waals surface area contributed by atoms with Crippen LogP contribution in [0.25, 0.3) is 6.08 Å². The summed E-state index contributed by atoms with van der Waals surface area (Å²) < 4.78 is 0. The van der Waals surface area contributed by atoms with Crippen LogP contribution >= 0.6 is 11.8 Å². The van der Waals surface area contributed by atoms with Crippen molar-refractivity contribution < 1.29 is 14.4 Å². The molecule has 3 rings (SSSR count). The van der Waals surface area contributed by atoms with Gasteiger partial charge >= 0.3 is 0 Å². The van der Waals surface area contributed by atoms with E-state index in [2.05, 4.69) is 24.1 Å². The predicted octanol–water partition coefficient (Wildman–Crippen LogP) is 3.81. The first-order valence-corrected chi connectivity index (χ1v) is 9.04. The first kappa shape index (κ1) is 18.0. The Kier molecular flexibility index (Phi) is 5.27. The Balaban J connectivity index is 1.63. The van der Waals surface area contributed by atoms with E-state index in [1.807, 2.05) is 24.3 Å². The molecule has 0 unspecified atom stereocenters. The van der Waals surface area contributed by atoms with Gasteiger partial charge < -0.3 is 10.3 Å². The maximum atomic E-state index is 12.4. The summed E-state index contributed by atoms with van der Waals surface area (Å²) in [5, 5.41) is 2.27. The van der Waals surface area contributed by atoms with Crippen molar-refractivity contribution in [3.05, 3.63) is 58.8 Å². The lowest BCUT2D eigenvalue weighted by molar-refractivity contribution is -0.127. The number of H-pyrrole nitrogens is 1. The van der Waals surface area contributed by atoms with Gasteiger partial charge in [-0.25, -0.2) is 0 Å². The summed E-state index contributed by atoms with van der Waals surface area (Å²) >= 11 is 0.832. The van der Waals surface area contributed by atoms with Gasteiger partial charge in [0.1, 0.15) is 6.54 Å². The van der Waals surface area contributed by atoms with E-state index in [1.54, 1.807) is 24.4 Å². The highest BCUT2D eigenvalue weighted by molar-refractivity contribution is 8.18. The Hall–Kier alpha value is -2.80. The molecule has 0 atom stereocenters. The largest absolute Gasteiger partial charge is 0.362 e. The van der Waals surface area contributed by atoms with Crippen LogP contribution in [0.3, 0.4) is 0 Å². The molecule has 2 aromatic rings. The molecule has 1 aliphatic rings. The van der Waals surface area contributed by atoms with Crippen molar-refractivity contribution in [2.24, 2.45) is 0 Å². The number of hydrogen-bond acceptors (Lipinski definition) is 4. The minimum Gasteiger partial charge on any atom is -0.362 e. The molecule has 1 saturated heterocycles. The van der Waals surface area contributed by atoms with Crippen LogP contribution in [0.15, 0.2) is 47.5 Å². The molecule has 1 fully saturated rings. The number of rotatable bonds is 5. The summed E-state index contributed by atoms with van der Waals surface area (Å²) in [6.45, 7) is 3.88. The monoisotopic (exact) mass is 369 g/mol. The molecule has 0 aliphatic carbocycles. The Morgan fingerprint density at radius 1 is 1.23 bits per heavy atom. The Bertz CT molecular complexity index is 855. The van der Waals surface area contributed by atoms with Crippen molar-refractivity contribution in [2.75, 3.05) is 11.9 Å². The van der Waals surface area contributed by atoms with E-state index in [9.17, 15) is 14.4 Å². The standard InChI is InChI=1S/C19H19N3O3S/c1-12(2)13-5-7-14(8-6-13)21-17(23)11-22-18(24)16(26-19(22)25)10-15-4-3-9-20-15/h3-10,12,20H,11H2,1-2H3,(H,21,23)/b16-10+. The Labute approximate surface area is 155 Å². The number of imide groups is 1. The number of benzene rings is 1. The molecule has 2 N–H and O–H groups in total. The van der Waals surface area contributed by atoms with Gasteiger partial charge in [0, 0.05) is 17.6 Å². The van der Waals surface area contributed by atoms with Gasteiger partial charge in [0.05, 0.1) is 4.91 Å². The number of nitrogens with one attached hydrogen (secondary N) is 2. The Morgan fingerprint density at radius 2 is 1.96 bits per heavy atom. The Morgan fingerprint density at radius 3 is 2.58 bits per heavy atom. The number of carbonyl (C=O) groups is 3. The van der Waals surface area contributed by atoms with E-state index in [1.165, 1.54) is 5.56 Å². The number of aromatic amines is 1. The van der Waals surface area contributed by atoms with Crippen LogP contribution in [-0.2, 0) is 9.59 Å². The van der Waals surface area contributed by atoms with Crippen molar-refractivity contribution in [3.8, 4) is 0 Å². The van der Waals surface area contributed by atoms with E-state index in [-0.39, 0.29) is 6.54 Å². The highest BCUT2D eigenvalue weighted by Crippen LogP contribution is 2.31. The summed E-state index contributed by atoms with van der Waals surface area (Å²) in [6, 6.07) is 11.1. The third-order valence-corrected chi connectivity index (χ3v) is 4.85. The zero-order chi connectivity index (χ0) is 18.7. The molecule has 26 heavy (non-hydrogen) atoms. The van der Waals surface area contributed by atoms with E-state index in [4.69, 9.17) is 0 Å². The minimum atomic E-state index is -0.458. The van der Waals surface area contributed by atoms with Crippen LogP contribution < -0.4 is 5.32 Å². The van der Waals surface area contributed by atoms with Crippen LogP contribution in [0.2, 0.25) is 0 Å². The maximum absolute atomic E-state index is 12.4. The molecule has 2 heterocycles. The van der Waals surface area contributed by atoms with Crippen LogP contribution in [0.1, 0.15) is 31.0 Å². The number of hydrogen-bond donors (Lipinski definition) is 2. The first-order chi connectivity index (χ1) is 12.4. The molecule has 0 bridgehead atoms. The zero-order valence-electron chi connectivity index (χ0n) is 14.5. The van der Waals surface area contributed by atoms with Gasteiger partial charge in [0.2, 0.25) is 5.91 Å². The molecule has 1 aromatic carbocycles. The second kappa shape index (κ2) is 7.61. The highest BCUT2D eigenvalue weighted by Gasteiger charge is 2.36. The second-order valence-electron chi connectivity index (χ2n) is 6.22. The molecule has 1 aliphatic heterocycles. The summed E-state index contributed by atoms with van der Waals surface area (Å²) in [4.78, 5) is 40.9. The van der Waals surface area contributed by atoms with Gasteiger partial charge in [-0.2, -0.15) is 0 Å². The molecule has 7 heteroatoms. The molecule has 6 nitrogen and oxygen atoms in total. The average molecular weight is 369 g/mol. The lowest BCUT2D eigenvalue weighted by Crippen LogP contribution is -2.36. The number of amides is 3. The van der Waals surface area contributed by atoms with Crippen LogP contribution in [0.5, 0.6) is 0 Å². The van der Waals surface area contributed by atoms with E-state index in [0.29, 0.717) is 16.5 Å². The van der Waals surface area contributed by atoms with E-state index >= 15 is 0 Å². The molecule has 3 amide bonds. The number of thioether (sulfide) groups is 1. The van der Waals surface area contributed by atoms with Crippen molar-refractivity contribution >= 4 is 40.6 Å². The van der Waals surface area contributed by atoms with Crippen LogP contribution in [-0.4, -0.2) is 33.5 Å². The van der Waals surface area contributed by atoms with Crippen molar-refractivity contribution in [1.82, 2.24) is 9.88 Å². The molecule has 134 valence electrons. The molecule has 0 spiro atoms.